The monoisotopic (exact) mass is 229 g/mol. The second-order valence-corrected chi connectivity index (χ2v) is 5.47. The number of pyridine rings is 1. The van der Waals surface area contributed by atoms with Gasteiger partial charge in [0.15, 0.2) is 0 Å². The van der Waals surface area contributed by atoms with Crippen LogP contribution in [0, 0.1) is 0 Å². The fourth-order valence-corrected chi connectivity index (χ4v) is 3.17. The molecule has 0 radical (unpaired) electrons. The molecule has 0 fully saturated rings. The highest BCUT2D eigenvalue weighted by molar-refractivity contribution is 7.53. The molecule has 0 aliphatic heterocycles. The van der Waals surface area contributed by atoms with E-state index in [1.807, 2.05) is 0 Å². The minimum absolute atomic E-state index is 0.402. The second kappa shape index (κ2) is 4.44. The van der Waals surface area contributed by atoms with E-state index in [0.29, 0.717) is 18.4 Å². The SMILES string of the molecule is CCC(CC)(c1cccnc1)P(=O)(O)O. The zero-order chi connectivity index (χ0) is 11.5. The van der Waals surface area contributed by atoms with Gasteiger partial charge in [-0.25, -0.2) is 0 Å². The van der Waals surface area contributed by atoms with Crippen LogP contribution in [0.1, 0.15) is 32.3 Å². The Bertz CT molecular complexity index is 356. The number of rotatable bonds is 4. The van der Waals surface area contributed by atoms with Crippen molar-refractivity contribution in [3.63, 3.8) is 0 Å². The fourth-order valence-electron chi connectivity index (χ4n) is 1.88. The Hall–Kier alpha value is -0.700. The van der Waals surface area contributed by atoms with E-state index in [0.717, 1.165) is 0 Å². The Balaban J connectivity index is 3.31. The molecule has 15 heavy (non-hydrogen) atoms. The smallest absolute Gasteiger partial charge is 0.324 e. The van der Waals surface area contributed by atoms with Crippen molar-refractivity contribution in [3.05, 3.63) is 30.1 Å². The highest BCUT2D eigenvalue weighted by Gasteiger charge is 2.45. The maximum atomic E-state index is 11.6. The van der Waals surface area contributed by atoms with Crippen molar-refractivity contribution in [2.45, 2.75) is 31.8 Å². The first-order valence-corrected chi connectivity index (χ1v) is 6.55. The molecule has 4 nitrogen and oxygen atoms in total. The van der Waals surface area contributed by atoms with Crippen LogP contribution in [0.25, 0.3) is 0 Å². The molecular formula is C10H16NO3P. The number of hydrogen-bond acceptors (Lipinski definition) is 2. The third-order valence-corrected chi connectivity index (χ3v) is 4.93. The van der Waals surface area contributed by atoms with Crippen LogP contribution in [0.3, 0.4) is 0 Å². The Morgan fingerprint density at radius 3 is 2.33 bits per heavy atom. The average Bonchev–Trinajstić information content (AvgIpc) is 2.20. The van der Waals surface area contributed by atoms with E-state index < -0.39 is 12.8 Å². The normalized spacial score (nSPS) is 12.8. The van der Waals surface area contributed by atoms with Crippen molar-refractivity contribution in [1.82, 2.24) is 4.98 Å². The summed E-state index contributed by atoms with van der Waals surface area (Å²) in [4.78, 5) is 22.8. The fraction of sp³-hybridized carbons (Fsp3) is 0.500. The van der Waals surface area contributed by atoms with E-state index >= 15 is 0 Å². The van der Waals surface area contributed by atoms with Crippen LogP contribution in [0.5, 0.6) is 0 Å². The van der Waals surface area contributed by atoms with Crippen molar-refractivity contribution >= 4 is 7.60 Å². The van der Waals surface area contributed by atoms with Crippen LogP contribution in [-0.4, -0.2) is 14.8 Å². The molecule has 84 valence electrons. The minimum atomic E-state index is -4.17. The Labute approximate surface area is 89.5 Å². The van der Waals surface area contributed by atoms with Gasteiger partial charge in [-0.1, -0.05) is 19.9 Å². The van der Waals surface area contributed by atoms with Gasteiger partial charge in [0.2, 0.25) is 0 Å². The van der Waals surface area contributed by atoms with Crippen LogP contribution in [-0.2, 0) is 9.72 Å². The maximum Gasteiger partial charge on any atom is 0.336 e. The standard InChI is InChI=1S/C10H16NO3P/c1-3-10(4-2,15(12,13)14)9-6-5-7-11-8-9/h5-8H,3-4H2,1-2H3,(H2,12,13,14). The first kappa shape index (κ1) is 12.4. The molecule has 0 unspecified atom stereocenters. The van der Waals surface area contributed by atoms with Crippen molar-refractivity contribution in [1.29, 1.82) is 0 Å². The molecule has 0 aliphatic carbocycles. The molecule has 1 aromatic rings. The lowest BCUT2D eigenvalue weighted by atomic mass is 9.94. The minimum Gasteiger partial charge on any atom is -0.324 e. The second-order valence-electron chi connectivity index (χ2n) is 3.52. The summed E-state index contributed by atoms with van der Waals surface area (Å²) in [6.45, 7) is 3.57. The molecule has 5 heteroatoms. The van der Waals surface area contributed by atoms with E-state index in [1.54, 1.807) is 32.2 Å². The summed E-state index contributed by atoms with van der Waals surface area (Å²) >= 11 is 0. The lowest BCUT2D eigenvalue weighted by Crippen LogP contribution is -2.24. The molecule has 1 rings (SSSR count). The third-order valence-electron chi connectivity index (χ3n) is 2.93. The number of nitrogens with zero attached hydrogens (tertiary/aromatic N) is 1. The quantitative estimate of drug-likeness (QED) is 0.777. The molecule has 0 bridgehead atoms. The summed E-state index contributed by atoms with van der Waals surface area (Å²) in [5.74, 6) is 0. The Morgan fingerprint density at radius 1 is 1.40 bits per heavy atom. The summed E-state index contributed by atoms with van der Waals surface area (Å²) in [5.41, 5.74) is 0.614. The van der Waals surface area contributed by atoms with Gasteiger partial charge in [0, 0.05) is 12.4 Å². The molecule has 0 spiro atoms. The van der Waals surface area contributed by atoms with Gasteiger partial charge in [-0.3, -0.25) is 9.55 Å². The molecule has 0 atom stereocenters. The summed E-state index contributed by atoms with van der Waals surface area (Å²) in [6.07, 6.45) is 3.93. The zero-order valence-corrected chi connectivity index (χ0v) is 9.82. The van der Waals surface area contributed by atoms with E-state index in [1.165, 1.54) is 6.20 Å². The predicted octanol–water partition coefficient (Wildman–Crippen LogP) is 2.27. The highest BCUT2D eigenvalue weighted by atomic mass is 31.2. The molecule has 0 aliphatic rings. The van der Waals surface area contributed by atoms with Gasteiger partial charge in [-0.15, -0.1) is 0 Å². The summed E-state index contributed by atoms with van der Waals surface area (Å²) in [7, 11) is -4.17. The third kappa shape index (κ3) is 2.12. The van der Waals surface area contributed by atoms with Gasteiger partial charge in [0.1, 0.15) is 0 Å². The zero-order valence-electron chi connectivity index (χ0n) is 8.92. The topological polar surface area (TPSA) is 70.4 Å². The Morgan fingerprint density at radius 2 is 2.00 bits per heavy atom. The Kier molecular flexibility index (Phi) is 3.66. The highest BCUT2D eigenvalue weighted by Crippen LogP contribution is 2.60. The van der Waals surface area contributed by atoms with E-state index in [4.69, 9.17) is 0 Å². The number of aromatic nitrogens is 1. The first-order valence-electron chi connectivity index (χ1n) is 4.94. The average molecular weight is 229 g/mol. The van der Waals surface area contributed by atoms with Gasteiger partial charge >= 0.3 is 7.60 Å². The molecule has 0 aromatic carbocycles. The van der Waals surface area contributed by atoms with Gasteiger partial charge < -0.3 is 9.79 Å². The lowest BCUT2D eigenvalue weighted by molar-refractivity contribution is 0.315. The molecule has 0 amide bonds. The lowest BCUT2D eigenvalue weighted by Gasteiger charge is -2.32. The molecule has 1 aromatic heterocycles. The summed E-state index contributed by atoms with van der Waals surface area (Å²) < 4.78 is 11.6. The van der Waals surface area contributed by atoms with Crippen molar-refractivity contribution in [3.8, 4) is 0 Å². The molecule has 0 saturated heterocycles. The van der Waals surface area contributed by atoms with Crippen LogP contribution in [0.15, 0.2) is 24.5 Å². The van der Waals surface area contributed by atoms with Crippen LogP contribution < -0.4 is 0 Å². The predicted molar refractivity (Wildman–Crippen MR) is 58.5 cm³/mol. The molecular weight excluding hydrogens is 213 g/mol. The van der Waals surface area contributed by atoms with E-state index in [2.05, 4.69) is 4.98 Å². The molecule has 2 N–H and O–H groups in total. The van der Waals surface area contributed by atoms with E-state index in [-0.39, 0.29) is 0 Å². The largest absolute Gasteiger partial charge is 0.336 e. The van der Waals surface area contributed by atoms with Crippen LogP contribution in [0.2, 0.25) is 0 Å². The van der Waals surface area contributed by atoms with Crippen LogP contribution in [0.4, 0.5) is 0 Å². The maximum absolute atomic E-state index is 11.6. The van der Waals surface area contributed by atoms with Crippen molar-refractivity contribution in [2.75, 3.05) is 0 Å². The van der Waals surface area contributed by atoms with Crippen LogP contribution >= 0.6 is 7.60 Å². The van der Waals surface area contributed by atoms with Gasteiger partial charge in [-0.2, -0.15) is 0 Å². The van der Waals surface area contributed by atoms with Crippen molar-refractivity contribution < 1.29 is 14.4 Å². The van der Waals surface area contributed by atoms with Gasteiger partial charge in [0.05, 0.1) is 5.16 Å². The summed E-state index contributed by atoms with van der Waals surface area (Å²) in [6, 6.07) is 3.42. The molecule has 1 heterocycles. The first-order chi connectivity index (χ1) is 6.98. The van der Waals surface area contributed by atoms with Gasteiger partial charge in [-0.05, 0) is 24.5 Å². The van der Waals surface area contributed by atoms with E-state index in [9.17, 15) is 14.4 Å². The van der Waals surface area contributed by atoms with Gasteiger partial charge in [0.25, 0.3) is 0 Å². The molecule has 0 saturated carbocycles. The van der Waals surface area contributed by atoms with Crippen molar-refractivity contribution in [2.24, 2.45) is 0 Å². The number of hydrogen-bond donors (Lipinski definition) is 2. The summed E-state index contributed by atoms with van der Waals surface area (Å²) in [5, 5.41) is -1.08.